The molecular formula is C14H19ClN4O2. The number of piperidine rings is 1. The Bertz CT molecular complexity index is 518. The van der Waals surface area contributed by atoms with Gasteiger partial charge in [-0.05, 0) is 20.3 Å². The molecule has 1 aliphatic rings. The van der Waals surface area contributed by atoms with Crippen LogP contribution < -0.4 is 5.32 Å². The molecule has 0 bridgehead atoms. The van der Waals surface area contributed by atoms with E-state index in [4.69, 9.17) is 11.6 Å². The first-order chi connectivity index (χ1) is 9.97. The van der Waals surface area contributed by atoms with Crippen molar-refractivity contribution >= 4 is 23.4 Å². The van der Waals surface area contributed by atoms with E-state index < -0.39 is 0 Å². The van der Waals surface area contributed by atoms with Crippen molar-refractivity contribution in [2.24, 2.45) is 5.92 Å². The molecule has 2 heterocycles. The van der Waals surface area contributed by atoms with Crippen LogP contribution in [0.15, 0.2) is 12.4 Å². The highest BCUT2D eigenvalue weighted by atomic mass is 35.5. The number of rotatable bonds is 4. The smallest absolute Gasteiger partial charge is 0.225 e. The Hall–Kier alpha value is -1.69. The van der Waals surface area contributed by atoms with Crippen LogP contribution in [0.2, 0.25) is 5.02 Å². The van der Waals surface area contributed by atoms with Crippen LogP contribution >= 0.6 is 11.6 Å². The van der Waals surface area contributed by atoms with Gasteiger partial charge in [0.1, 0.15) is 5.82 Å². The molecule has 21 heavy (non-hydrogen) atoms. The van der Waals surface area contributed by atoms with Gasteiger partial charge in [-0.25, -0.2) is 9.97 Å². The van der Waals surface area contributed by atoms with Gasteiger partial charge >= 0.3 is 0 Å². The van der Waals surface area contributed by atoms with Gasteiger partial charge in [0, 0.05) is 31.4 Å². The third-order valence-electron chi connectivity index (χ3n) is 3.53. The Morgan fingerprint density at radius 1 is 1.48 bits per heavy atom. The largest absolute Gasteiger partial charge is 0.349 e. The number of likely N-dealkylation sites (tertiary alicyclic amines) is 1. The molecule has 6 nitrogen and oxygen atoms in total. The maximum absolute atomic E-state index is 12.2. The third-order valence-corrected chi connectivity index (χ3v) is 3.73. The number of amides is 2. The SMILES string of the molecule is CC(C)N1CC(C(=O)NCc2ncc(Cl)cn2)CCC1=O. The minimum Gasteiger partial charge on any atom is -0.349 e. The Labute approximate surface area is 128 Å². The summed E-state index contributed by atoms with van der Waals surface area (Å²) in [7, 11) is 0. The third kappa shape index (κ3) is 4.14. The monoisotopic (exact) mass is 310 g/mol. The van der Waals surface area contributed by atoms with E-state index in [9.17, 15) is 9.59 Å². The van der Waals surface area contributed by atoms with Crippen molar-refractivity contribution < 1.29 is 9.59 Å². The number of nitrogens with one attached hydrogen (secondary N) is 1. The highest BCUT2D eigenvalue weighted by molar-refractivity contribution is 6.30. The molecule has 1 fully saturated rings. The number of halogens is 1. The lowest BCUT2D eigenvalue weighted by Crippen LogP contribution is -2.48. The lowest BCUT2D eigenvalue weighted by Gasteiger charge is -2.34. The maximum Gasteiger partial charge on any atom is 0.225 e. The molecule has 2 amide bonds. The number of carbonyl (C=O) groups is 2. The number of carbonyl (C=O) groups excluding carboxylic acids is 2. The van der Waals surface area contributed by atoms with Crippen molar-refractivity contribution in [2.45, 2.75) is 39.3 Å². The van der Waals surface area contributed by atoms with Gasteiger partial charge in [0.2, 0.25) is 11.8 Å². The van der Waals surface area contributed by atoms with Crippen LogP contribution in [-0.2, 0) is 16.1 Å². The molecule has 1 N–H and O–H groups in total. The predicted octanol–water partition coefficient (Wildman–Crippen LogP) is 1.39. The topological polar surface area (TPSA) is 75.2 Å². The van der Waals surface area contributed by atoms with Crippen LogP contribution in [0.25, 0.3) is 0 Å². The highest BCUT2D eigenvalue weighted by Gasteiger charge is 2.31. The molecule has 1 aromatic heterocycles. The zero-order chi connectivity index (χ0) is 15.4. The van der Waals surface area contributed by atoms with Gasteiger partial charge in [0.05, 0.1) is 17.5 Å². The molecule has 2 rings (SSSR count). The van der Waals surface area contributed by atoms with Crippen molar-refractivity contribution in [3.05, 3.63) is 23.2 Å². The molecule has 7 heteroatoms. The molecule has 0 radical (unpaired) electrons. The lowest BCUT2D eigenvalue weighted by atomic mass is 9.95. The quantitative estimate of drug-likeness (QED) is 0.912. The molecule has 0 saturated carbocycles. The van der Waals surface area contributed by atoms with E-state index in [1.54, 1.807) is 4.90 Å². The predicted molar refractivity (Wildman–Crippen MR) is 78.5 cm³/mol. The molecule has 0 aliphatic carbocycles. The van der Waals surface area contributed by atoms with E-state index in [0.717, 1.165) is 0 Å². The molecule has 1 saturated heterocycles. The summed E-state index contributed by atoms with van der Waals surface area (Å²) in [4.78, 5) is 33.8. The van der Waals surface area contributed by atoms with E-state index in [0.29, 0.717) is 30.2 Å². The number of hydrogen-bond acceptors (Lipinski definition) is 4. The first-order valence-electron chi connectivity index (χ1n) is 7.01. The van der Waals surface area contributed by atoms with Gasteiger partial charge in [0.25, 0.3) is 0 Å². The van der Waals surface area contributed by atoms with Crippen LogP contribution in [0.5, 0.6) is 0 Å². The van der Waals surface area contributed by atoms with Crippen LogP contribution in [0.3, 0.4) is 0 Å². The van der Waals surface area contributed by atoms with Crippen LogP contribution in [0.1, 0.15) is 32.5 Å². The van der Waals surface area contributed by atoms with Crippen LogP contribution in [0.4, 0.5) is 0 Å². The van der Waals surface area contributed by atoms with Gasteiger partial charge < -0.3 is 10.2 Å². The van der Waals surface area contributed by atoms with Gasteiger partial charge in [-0.15, -0.1) is 0 Å². The zero-order valence-electron chi connectivity index (χ0n) is 12.2. The summed E-state index contributed by atoms with van der Waals surface area (Å²) in [5.41, 5.74) is 0. The van der Waals surface area contributed by atoms with Gasteiger partial charge in [0.15, 0.2) is 0 Å². The highest BCUT2D eigenvalue weighted by Crippen LogP contribution is 2.19. The van der Waals surface area contributed by atoms with Crippen LogP contribution in [0, 0.1) is 5.92 Å². The summed E-state index contributed by atoms with van der Waals surface area (Å²) in [6, 6.07) is 0.118. The summed E-state index contributed by atoms with van der Waals surface area (Å²) < 4.78 is 0. The molecular weight excluding hydrogens is 292 g/mol. The first-order valence-corrected chi connectivity index (χ1v) is 7.38. The van der Waals surface area contributed by atoms with Crippen LogP contribution in [-0.4, -0.2) is 39.3 Å². The average molecular weight is 311 g/mol. The van der Waals surface area contributed by atoms with E-state index in [1.807, 2.05) is 13.8 Å². The molecule has 1 aromatic rings. The average Bonchev–Trinajstić information content (AvgIpc) is 2.46. The van der Waals surface area contributed by atoms with Gasteiger partial charge in [-0.1, -0.05) is 11.6 Å². The zero-order valence-corrected chi connectivity index (χ0v) is 12.9. The minimum atomic E-state index is -0.169. The summed E-state index contributed by atoms with van der Waals surface area (Å²) in [6.45, 7) is 4.66. The van der Waals surface area contributed by atoms with E-state index in [-0.39, 0.29) is 30.3 Å². The number of aromatic nitrogens is 2. The normalized spacial score (nSPS) is 19.0. The van der Waals surface area contributed by atoms with Gasteiger partial charge in [-0.2, -0.15) is 0 Å². The standard InChI is InChI=1S/C14H19ClN4O2/c1-9(2)19-8-10(3-4-13(19)20)14(21)18-7-12-16-5-11(15)6-17-12/h5-6,9-10H,3-4,7-8H2,1-2H3,(H,18,21). The Balaban J connectivity index is 1.88. The van der Waals surface area contributed by atoms with E-state index in [2.05, 4.69) is 15.3 Å². The van der Waals surface area contributed by atoms with Crippen molar-refractivity contribution in [2.75, 3.05) is 6.54 Å². The Morgan fingerprint density at radius 3 is 2.76 bits per heavy atom. The van der Waals surface area contributed by atoms with E-state index in [1.165, 1.54) is 12.4 Å². The fraction of sp³-hybridized carbons (Fsp3) is 0.571. The van der Waals surface area contributed by atoms with Crippen molar-refractivity contribution in [1.82, 2.24) is 20.2 Å². The fourth-order valence-electron chi connectivity index (χ4n) is 2.33. The molecule has 1 aliphatic heterocycles. The second-order valence-corrected chi connectivity index (χ2v) is 5.85. The summed E-state index contributed by atoms with van der Waals surface area (Å²) in [5, 5.41) is 3.28. The summed E-state index contributed by atoms with van der Waals surface area (Å²) in [5.74, 6) is 0.402. The van der Waals surface area contributed by atoms with Crippen molar-refractivity contribution in [1.29, 1.82) is 0 Å². The molecule has 1 unspecified atom stereocenters. The lowest BCUT2D eigenvalue weighted by molar-refractivity contribution is -0.140. The number of nitrogens with zero attached hydrogens (tertiary/aromatic N) is 3. The molecule has 0 spiro atoms. The fourth-order valence-corrected chi connectivity index (χ4v) is 2.42. The second kappa shape index (κ2) is 6.85. The Kier molecular flexibility index (Phi) is 5.12. The van der Waals surface area contributed by atoms with Crippen molar-refractivity contribution in [3.8, 4) is 0 Å². The minimum absolute atomic E-state index is 0.0632. The Morgan fingerprint density at radius 2 is 2.14 bits per heavy atom. The first kappa shape index (κ1) is 15.7. The van der Waals surface area contributed by atoms with E-state index >= 15 is 0 Å². The van der Waals surface area contributed by atoms with Crippen molar-refractivity contribution in [3.63, 3.8) is 0 Å². The summed E-state index contributed by atoms with van der Waals surface area (Å²) in [6.07, 6.45) is 4.01. The molecule has 1 atom stereocenters. The van der Waals surface area contributed by atoms with Gasteiger partial charge in [-0.3, -0.25) is 9.59 Å². The second-order valence-electron chi connectivity index (χ2n) is 5.41. The molecule has 114 valence electrons. The maximum atomic E-state index is 12.2. The molecule has 0 aromatic carbocycles. The number of hydrogen-bond donors (Lipinski definition) is 1. The summed E-state index contributed by atoms with van der Waals surface area (Å²) >= 11 is 5.71.